The molecule has 5 nitrogen and oxygen atoms in total. The van der Waals surface area contributed by atoms with Crippen molar-refractivity contribution in [3.63, 3.8) is 0 Å². The number of ether oxygens (including phenoxy) is 2. The van der Waals surface area contributed by atoms with E-state index in [1.807, 2.05) is 6.07 Å². The normalized spacial score (nSPS) is 17.5. The summed E-state index contributed by atoms with van der Waals surface area (Å²) in [6.07, 6.45) is -2.88. The first kappa shape index (κ1) is 20.5. The Morgan fingerprint density at radius 3 is 2.73 bits per heavy atom. The van der Waals surface area contributed by atoms with Gasteiger partial charge in [0.25, 0.3) is 0 Å². The third-order valence-corrected chi connectivity index (χ3v) is 4.25. The molecule has 1 atom stereocenters. The second-order valence-corrected chi connectivity index (χ2v) is 6.58. The molecule has 1 saturated heterocycles. The summed E-state index contributed by atoms with van der Waals surface area (Å²) in [5.74, 6) is 0.208. The topological polar surface area (TPSA) is 42.0 Å². The number of rotatable bonds is 8. The van der Waals surface area contributed by atoms with E-state index in [2.05, 4.69) is 4.90 Å². The SMILES string of the molecule is CN(C)C(=O)CN(CCc1cccc(OCC(F)(F)F)c1)C1CCOC1. The van der Waals surface area contributed by atoms with Crippen LogP contribution in [0, 0.1) is 0 Å². The van der Waals surface area contributed by atoms with Crippen molar-refractivity contribution in [2.24, 2.45) is 0 Å². The first-order valence-corrected chi connectivity index (χ1v) is 8.55. The summed E-state index contributed by atoms with van der Waals surface area (Å²) in [6, 6.07) is 6.83. The summed E-state index contributed by atoms with van der Waals surface area (Å²) >= 11 is 0. The van der Waals surface area contributed by atoms with Crippen molar-refractivity contribution in [1.29, 1.82) is 0 Å². The second kappa shape index (κ2) is 9.23. The lowest BCUT2D eigenvalue weighted by Gasteiger charge is -2.28. The minimum Gasteiger partial charge on any atom is -0.484 e. The van der Waals surface area contributed by atoms with Crippen LogP contribution in [0.2, 0.25) is 0 Å². The molecular weight excluding hydrogens is 349 g/mol. The van der Waals surface area contributed by atoms with E-state index in [4.69, 9.17) is 9.47 Å². The number of carbonyl (C=O) groups excluding carboxylic acids is 1. The molecule has 8 heteroatoms. The van der Waals surface area contributed by atoms with Gasteiger partial charge in [0.15, 0.2) is 6.61 Å². The number of nitrogens with zero attached hydrogens (tertiary/aromatic N) is 2. The average Bonchev–Trinajstić information content (AvgIpc) is 3.10. The van der Waals surface area contributed by atoms with Crippen LogP contribution in [0.3, 0.4) is 0 Å². The second-order valence-electron chi connectivity index (χ2n) is 6.58. The van der Waals surface area contributed by atoms with E-state index < -0.39 is 12.8 Å². The van der Waals surface area contributed by atoms with Crippen LogP contribution < -0.4 is 4.74 Å². The summed E-state index contributed by atoms with van der Waals surface area (Å²) in [6.45, 7) is 0.883. The van der Waals surface area contributed by atoms with E-state index >= 15 is 0 Å². The molecular formula is C18H25F3N2O3. The molecule has 1 fully saturated rings. The Morgan fingerprint density at radius 2 is 2.12 bits per heavy atom. The van der Waals surface area contributed by atoms with Crippen LogP contribution in [-0.2, 0) is 16.0 Å². The molecule has 1 aliphatic rings. The molecule has 1 amide bonds. The zero-order chi connectivity index (χ0) is 19.2. The van der Waals surface area contributed by atoms with Crippen LogP contribution in [0.15, 0.2) is 24.3 Å². The fourth-order valence-electron chi connectivity index (χ4n) is 2.74. The number of halogens is 3. The standard InChI is InChI=1S/C18H25F3N2O3/c1-22(2)17(24)11-23(15-7-9-25-12-15)8-6-14-4-3-5-16(10-14)26-13-18(19,20)21/h3-5,10,15H,6-9,11-13H2,1-2H3. The minimum atomic E-state index is -4.36. The van der Waals surface area contributed by atoms with Crippen LogP contribution in [0.25, 0.3) is 0 Å². The number of amides is 1. The third-order valence-electron chi connectivity index (χ3n) is 4.25. The average molecular weight is 374 g/mol. The Morgan fingerprint density at radius 1 is 1.35 bits per heavy atom. The molecule has 26 heavy (non-hydrogen) atoms. The Kier molecular flexibility index (Phi) is 7.28. The number of alkyl halides is 3. The van der Waals surface area contributed by atoms with Gasteiger partial charge in [-0.05, 0) is 30.5 Å². The van der Waals surface area contributed by atoms with Crippen LogP contribution in [0.1, 0.15) is 12.0 Å². The van der Waals surface area contributed by atoms with Crippen molar-refractivity contribution in [2.75, 3.05) is 47.0 Å². The highest BCUT2D eigenvalue weighted by Gasteiger charge is 2.28. The van der Waals surface area contributed by atoms with Gasteiger partial charge in [-0.1, -0.05) is 12.1 Å². The highest BCUT2D eigenvalue weighted by atomic mass is 19.4. The van der Waals surface area contributed by atoms with Crippen LogP contribution in [-0.4, -0.2) is 74.9 Å². The Balaban J connectivity index is 1.95. The molecule has 2 rings (SSSR count). The maximum atomic E-state index is 12.3. The van der Waals surface area contributed by atoms with Gasteiger partial charge in [-0.25, -0.2) is 0 Å². The Labute approximate surface area is 151 Å². The monoisotopic (exact) mass is 374 g/mol. The van der Waals surface area contributed by atoms with E-state index in [9.17, 15) is 18.0 Å². The van der Waals surface area contributed by atoms with E-state index in [-0.39, 0.29) is 17.7 Å². The zero-order valence-electron chi connectivity index (χ0n) is 15.1. The number of hydrogen-bond donors (Lipinski definition) is 0. The van der Waals surface area contributed by atoms with Crippen molar-refractivity contribution in [1.82, 2.24) is 9.80 Å². The maximum absolute atomic E-state index is 12.3. The largest absolute Gasteiger partial charge is 0.484 e. The summed E-state index contributed by atoms with van der Waals surface area (Å²) in [5, 5.41) is 0. The summed E-state index contributed by atoms with van der Waals surface area (Å²) in [7, 11) is 3.43. The molecule has 0 bridgehead atoms. The number of benzene rings is 1. The molecule has 0 saturated carbocycles. The smallest absolute Gasteiger partial charge is 0.422 e. The molecule has 0 aliphatic carbocycles. The minimum absolute atomic E-state index is 0.0131. The molecule has 1 heterocycles. The van der Waals surface area contributed by atoms with Crippen LogP contribution in [0.4, 0.5) is 13.2 Å². The molecule has 1 aromatic rings. The Hall–Kier alpha value is -1.80. The van der Waals surface area contributed by atoms with Gasteiger partial charge >= 0.3 is 6.18 Å². The van der Waals surface area contributed by atoms with Gasteiger partial charge in [0.1, 0.15) is 5.75 Å². The number of hydrogen-bond acceptors (Lipinski definition) is 4. The molecule has 146 valence electrons. The zero-order valence-corrected chi connectivity index (χ0v) is 15.1. The summed E-state index contributed by atoms with van der Waals surface area (Å²) in [5.41, 5.74) is 0.867. The highest BCUT2D eigenvalue weighted by Crippen LogP contribution is 2.20. The van der Waals surface area contributed by atoms with Gasteiger partial charge in [-0.15, -0.1) is 0 Å². The fourth-order valence-corrected chi connectivity index (χ4v) is 2.74. The molecule has 1 unspecified atom stereocenters. The van der Waals surface area contributed by atoms with Gasteiger partial charge in [0.05, 0.1) is 13.2 Å². The molecule has 1 aromatic carbocycles. The quantitative estimate of drug-likeness (QED) is 0.701. The van der Waals surface area contributed by atoms with Gasteiger partial charge in [-0.2, -0.15) is 13.2 Å². The Bertz CT molecular complexity index is 587. The first-order valence-electron chi connectivity index (χ1n) is 8.55. The number of carbonyl (C=O) groups is 1. The first-order chi connectivity index (χ1) is 12.2. The molecule has 0 aromatic heterocycles. The molecule has 0 spiro atoms. The van der Waals surface area contributed by atoms with E-state index in [0.29, 0.717) is 32.7 Å². The van der Waals surface area contributed by atoms with Crippen molar-refractivity contribution in [2.45, 2.75) is 25.1 Å². The lowest BCUT2D eigenvalue weighted by molar-refractivity contribution is -0.153. The van der Waals surface area contributed by atoms with Crippen LogP contribution in [0.5, 0.6) is 5.75 Å². The fraction of sp³-hybridized carbons (Fsp3) is 0.611. The molecule has 1 aliphatic heterocycles. The summed E-state index contributed by atoms with van der Waals surface area (Å²) in [4.78, 5) is 15.7. The van der Waals surface area contributed by atoms with Crippen molar-refractivity contribution in [3.8, 4) is 5.75 Å². The highest BCUT2D eigenvalue weighted by molar-refractivity contribution is 5.77. The lowest BCUT2D eigenvalue weighted by atomic mass is 10.1. The third kappa shape index (κ3) is 6.84. The predicted molar refractivity (Wildman–Crippen MR) is 91.2 cm³/mol. The van der Waals surface area contributed by atoms with E-state index in [1.54, 1.807) is 31.1 Å². The van der Waals surface area contributed by atoms with Gasteiger partial charge in [-0.3, -0.25) is 9.69 Å². The van der Waals surface area contributed by atoms with Gasteiger partial charge < -0.3 is 14.4 Å². The van der Waals surface area contributed by atoms with Crippen molar-refractivity contribution < 1.29 is 27.4 Å². The summed E-state index contributed by atoms with van der Waals surface area (Å²) < 4.78 is 47.0. The van der Waals surface area contributed by atoms with E-state index in [0.717, 1.165) is 12.0 Å². The van der Waals surface area contributed by atoms with Crippen molar-refractivity contribution in [3.05, 3.63) is 29.8 Å². The van der Waals surface area contributed by atoms with Gasteiger partial charge in [0.2, 0.25) is 5.91 Å². The molecule has 0 N–H and O–H groups in total. The lowest BCUT2D eigenvalue weighted by Crippen LogP contribution is -2.44. The van der Waals surface area contributed by atoms with Crippen LogP contribution >= 0.6 is 0 Å². The number of likely N-dealkylation sites (N-methyl/N-ethyl adjacent to an activating group) is 1. The van der Waals surface area contributed by atoms with E-state index in [1.165, 1.54) is 6.07 Å². The maximum Gasteiger partial charge on any atom is 0.422 e. The van der Waals surface area contributed by atoms with Crippen molar-refractivity contribution >= 4 is 5.91 Å². The molecule has 0 radical (unpaired) electrons. The van der Waals surface area contributed by atoms with Gasteiger partial charge in [0, 0.05) is 33.3 Å². The predicted octanol–water partition coefficient (Wildman–Crippen LogP) is 2.35.